The Hall–Kier alpha value is -3.75. The molecule has 6 heterocycles. The Labute approximate surface area is 229 Å². The van der Waals surface area contributed by atoms with Crippen LogP contribution in [0.3, 0.4) is 0 Å². The minimum absolute atomic E-state index is 0.705. The lowest BCUT2D eigenvalue weighted by molar-refractivity contribution is 0.313. The third kappa shape index (κ3) is 5.27. The van der Waals surface area contributed by atoms with Gasteiger partial charge in [-0.05, 0) is 87.7 Å². The zero-order valence-electron chi connectivity index (χ0n) is 23.0. The zero-order valence-corrected chi connectivity index (χ0v) is 23.0. The molecule has 2 saturated heterocycles. The van der Waals surface area contributed by atoms with E-state index in [1.165, 1.54) is 29.5 Å². The van der Waals surface area contributed by atoms with Gasteiger partial charge < -0.3 is 20.1 Å². The molecule has 202 valence electrons. The van der Waals surface area contributed by atoms with E-state index in [1.807, 2.05) is 18.5 Å². The van der Waals surface area contributed by atoms with Crippen molar-refractivity contribution in [1.82, 2.24) is 35.4 Å². The molecular formula is C31H38N8. The minimum atomic E-state index is 0.705. The van der Waals surface area contributed by atoms with Crippen LogP contribution in [0.4, 0.5) is 5.69 Å². The molecule has 0 atom stereocenters. The summed E-state index contributed by atoms with van der Waals surface area (Å²) in [5.41, 5.74) is 9.04. The number of H-pyrrole nitrogens is 2. The van der Waals surface area contributed by atoms with Crippen LogP contribution in [0, 0.1) is 5.92 Å². The summed E-state index contributed by atoms with van der Waals surface area (Å²) in [6.45, 7) is 12.5. The normalized spacial score (nSPS) is 18.4. The summed E-state index contributed by atoms with van der Waals surface area (Å²) >= 11 is 0. The molecule has 8 nitrogen and oxygen atoms in total. The highest BCUT2D eigenvalue weighted by Gasteiger charge is 2.20. The molecule has 0 bridgehead atoms. The first kappa shape index (κ1) is 25.5. The maximum Gasteiger partial charge on any atom is 0.135 e. The standard InChI is InChI=1S/C31H38N8/c1-4-21(16-22-8-10-32-11-9-22)17-23(5-2)25-6-7-26-30(35-25)31(37-36-26)27-18-24-28(34-27)19-33-20-29(24)39-14-12-38(3)13-15-39/h4-7,17-20,22,32,34H,1,8-16H2,2-3H3,(H,36,37)/b21-17+,23-5+. The Morgan fingerprint density at radius 3 is 2.69 bits per heavy atom. The number of fused-ring (bicyclic) bond motifs is 2. The van der Waals surface area contributed by atoms with Gasteiger partial charge in [-0.2, -0.15) is 5.10 Å². The molecule has 0 spiro atoms. The molecule has 0 radical (unpaired) electrons. The lowest BCUT2D eigenvalue weighted by Gasteiger charge is -2.34. The summed E-state index contributed by atoms with van der Waals surface area (Å²) in [6, 6.07) is 6.34. The predicted molar refractivity (Wildman–Crippen MR) is 161 cm³/mol. The first-order valence-corrected chi connectivity index (χ1v) is 14.1. The SMILES string of the molecule is C=C/C(=C\C(=C/C)c1ccc2[nH]nc(-c3cc4c(N5CCN(C)CC5)cncc4[nH]3)c2n1)CC1CCNCC1. The number of rotatable bonds is 7. The van der Waals surface area contributed by atoms with Crippen LogP contribution in [-0.4, -0.2) is 76.4 Å². The number of pyridine rings is 2. The van der Waals surface area contributed by atoms with E-state index in [0.29, 0.717) is 5.92 Å². The Morgan fingerprint density at radius 2 is 1.92 bits per heavy atom. The first-order valence-electron chi connectivity index (χ1n) is 14.1. The van der Waals surface area contributed by atoms with E-state index < -0.39 is 0 Å². The van der Waals surface area contributed by atoms with Crippen LogP contribution in [-0.2, 0) is 0 Å². The van der Waals surface area contributed by atoms with Gasteiger partial charge in [0.2, 0.25) is 0 Å². The van der Waals surface area contributed by atoms with Crippen LogP contribution < -0.4 is 10.2 Å². The Balaban J connectivity index is 1.32. The number of nitrogens with one attached hydrogen (secondary N) is 3. The third-order valence-corrected chi connectivity index (χ3v) is 8.22. The van der Waals surface area contributed by atoms with Crippen LogP contribution in [0.15, 0.2) is 61.0 Å². The number of nitrogens with zero attached hydrogens (tertiary/aromatic N) is 5. The third-order valence-electron chi connectivity index (χ3n) is 8.22. The number of aromatic amines is 2. The molecule has 4 aromatic heterocycles. The fourth-order valence-corrected chi connectivity index (χ4v) is 5.84. The molecule has 0 amide bonds. The van der Waals surface area contributed by atoms with Gasteiger partial charge >= 0.3 is 0 Å². The monoisotopic (exact) mass is 522 g/mol. The van der Waals surface area contributed by atoms with Crippen molar-refractivity contribution in [3.8, 4) is 11.4 Å². The second-order valence-corrected chi connectivity index (χ2v) is 10.8. The molecule has 39 heavy (non-hydrogen) atoms. The minimum Gasteiger partial charge on any atom is -0.367 e. The molecule has 0 unspecified atom stereocenters. The molecule has 4 aromatic rings. The number of piperazine rings is 1. The van der Waals surface area contributed by atoms with Crippen LogP contribution >= 0.6 is 0 Å². The van der Waals surface area contributed by atoms with Gasteiger partial charge in [-0.1, -0.05) is 18.7 Å². The van der Waals surface area contributed by atoms with E-state index in [9.17, 15) is 0 Å². The molecule has 6 rings (SSSR count). The molecule has 0 aliphatic carbocycles. The number of allylic oxidation sites excluding steroid dienone is 5. The summed E-state index contributed by atoms with van der Waals surface area (Å²) in [5.74, 6) is 0.705. The van der Waals surface area contributed by atoms with Crippen LogP contribution in [0.5, 0.6) is 0 Å². The molecule has 0 saturated carbocycles. The fraction of sp³-hybridized carbons (Fsp3) is 0.387. The van der Waals surface area contributed by atoms with Crippen molar-refractivity contribution >= 4 is 33.2 Å². The predicted octanol–water partition coefficient (Wildman–Crippen LogP) is 5.16. The van der Waals surface area contributed by atoms with E-state index in [-0.39, 0.29) is 0 Å². The number of hydrogen-bond donors (Lipinski definition) is 3. The lowest BCUT2D eigenvalue weighted by Crippen LogP contribution is -2.44. The van der Waals surface area contributed by atoms with E-state index in [2.05, 4.69) is 86.2 Å². The van der Waals surface area contributed by atoms with Crippen molar-refractivity contribution in [2.75, 3.05) is 51.2 Å². The van der Waals surface area contributed by atoms with Crippen molar-refractivity contribution < 1.29 is 0 Å². The lowest BCUT2D eigenvalue weighted by atomic mass is 9.90. The van der Waals surface area contributed by atoms with Gasteiger partial charge in [0.05, 0.1) is 40.5 Å². The van der Waals surface area contributed by atoms with Crippen LogP contribution in [0.1, 0.15) is 31.9 Å². The summed E-state index contributed by atoms with van der Waals surface area (Å²) < 4.78 is 0. The summed E-state index contributed by atoms with van der Waals surface area (Å²) in [7, 11) is 2.18. The average Bonchev–Trinajstić information content (AvgIpc) is 3.60. The Kier molecular flexibility index (Phi) is 7.30. The van der Waals surface area contributed by atoms with E-state index >= 15 is 0 Å². The molecule has 2 aliphatic heterocycles. The van der Waals surface area contributed by atoms with Crippen LogP contribution in [0.2, 0.25) is 0 Å². The van der Waals surface area contributed by atoms with Gasteiger partial charge in [-0.25, -0.2) is 4.98 Å². The highest BCUT2D eigenvalue weighted by atomic mass is 15.3. The number of likely N-dealkylation sites (N-methyl/N-ethyl adjacent to an activating group) is 1. The van der Waals surface area contributed by atoms with Crippen molar-refractivity contribution in [1.29, 1.82) is 0 Å². The molecule has 8 heteroatoms. The van der Waals surface area contributed by atoms with Gasteiger partial charge in [-0.15, -0.1) is 0 Å². The van der Waals surface area contributed by atoms with E-state index in [1.54, 1.807) is 0 Å². The van der Waals surface area contributed by atoms with Crippen molar-refractivity contribution in [3.63, 3.8) is 0 Å². The number of hydrogen-bond acceptors (Lipinski definition) is 6. The smallest absolute Gasteiger partial charge is 0.135 e. The van der Waals surface area contributed by atoms with Gasteiger partial charge in [0.15, 0.2) is 0 Å². The van der Waals surface area contributed by atoms with Gasteiger partial charge in [0.25, 0.3) is 0 Å². The first-order chi connectivity index (χ1) is 19.1. The molecular weight excluding hydrogens is 484 g/mol. The van der Waals surface area contributed by atoms with Crippen molar-refractivity contribution in [3.05, 3.63) is 66.7 Å². The maximum absolute atomic E-state index is 5.11. The summed E-state index contributed by atoms with van der Waals surface area (Å²) in [6.07, 6.45) is 13.8. The quantitative estimate of drug-likeness (QED) is 0.291. The zero-order chi connectivity index (χ0) is 26.8. The number of aromatic nitrogens is 5. The Morgan fingerprint density at radius 1 is 1.10 bits per heavy atom. The average molecular weight is 523 g/mol. The molecule has 2 fully saturated rings. The maximum atomic E-state index is 5.11. The van der Waals surface area contributed by atoms with Gasteiger partial charge in [0.1, 0.15) is 11.2 Å². The largest absolute Gasteiger partial charge is 0.367 e. The molecule has 2 aliphatic rings. The number of anilines is 1. The topological polar surface area (TPSA) is 88.8 Å². The fourth-order valence-electron chi connectivity index (χ4n) is 5.84. The van der Waals surface area contributed by atoms with Crippen molar-refractivity contribution in [2.45, 2.75) is 26.2 Å². The summed E-state index contributed by atoms with van der Waals surface area (Å²) in [4.78, 5) is 18.0. The second-order valence-electron chi connectivity index (χ2n) is 10.8. The van der Waals surface area contributed by atoms with Gasteiger partial charge in [0, 0.05) is 31.6 Å². The van der Waals surface area contributed by atoms with Crippen LogP contribution in [0.25, 0.3) is 38.9 Å². The van der Waals surface area contributed by atoms with Crippen molar-refractivity contribution in [2.24, 2.45) is 5.92 Å². The van der Waals surface area contributed by atoms with E-state index in [0.717, 1.165) is 84.9 Å². The summed E-state index contributed by atoms with van der Waals surface area (Å²) in [5, 5.41) is 12.5. The van der Waals surface area contributed by atoms with Gasteiger partial charge in [-0.3, -0.25) is 10.1 Å². The Bertz CT molecular complexity index is 1530. The number of piperidine rings is 1. The van der Waals surface area contributed by atoms with E-state index in [4.69, 9.17) is 4.98 Å². The molecule has 3 N–H and O–H groups in total. The highest BCUT2D eigenvalue weighted by Crippen LogP contribution is 2.33. The molecule has 0 aromatic carbocycles. The second kappa shape index (κ2) is 11.2. The highest BCUT2D eigenvalue weighted by molar-refractivity contribution is 5.98.